The fourth-order valence-electron chi connectivity index (χ4n) is 2.20. The third-order valence-electron chi connectivity index (χ3n) is 3.33. The van der Waals surface area contributed by atoms with Gasteiger partial charge in [-0.2, -0.15) is 0 Å². The van der Waals surface area contributed by atoms with Gasteiger partial charge < -0.3 is 14.2 Å². The van der Waals surface area contributed by atoms with Gasteiger partial charge in [-0.1, -0.05) is 48.5 Å². The number of methoxy groups -OCH3 is 1. The summed E-state index contributed by atoms with van der Waals surface area (Å²) in [5.41, 5.74) is 0.972. The molecule has 23 heavy (non-hydrogen) atoms. The van der Waals surface area contributed by atoms with Crippen molar-refractivity contribution in [3.63, 3.8) is 0 Å². The van der Waals surface area contributed by atoms with Crippen LogP contribution in [0, 0.1) is 0 Å². The summed E-state index contributed by atoms with van der Waals surface area (Å²) in [6.07, 6.45) is -0.433. The van der Waals surface area contributed by atoms with E-state index in [1.807, 2.05) is 84.9 Å². The summed E-state index contributed by atoms with van der Waals surface area (Å²) in [7, 11) is 1.63. The minimum atomic E-state index is -0.433. The van der Waals surface area contributed by atoms with Gasteiger partial charge in [-0.05, 0) is 36.4 Å². The maximum atomic E-state index is 5.88. The summed E-state index contributed by atoms with van der Waals surface area (Å²) < 4.78 is 17.1. The Labute approximate surface area is 136 Å². The molecule has 0 N–H and O–H groups in total. The molecule has 0 saturated heterocycles. The molecule has 0 heterocycles. The normalized spacial score (nSPS) is 11.7. The predicted octanol–water partition coefficient (Wildman–Crippen LogP) is 5.20. The molecule has 0 aliphatic carbocycles. The van der Waals surface area contributed by atoms with Crippen LogP contribution in [0.4, 0.5) is 0 Å². The van der Waals surface area contributed by atoms with Crippen molar-refractivity contribution in [2.45, 2.75) is 6.29 Å². The van der Waals surface area contributed by atoms with E-state index < -0.39 is 6.29 Å². The molecule has 0 amide bonds. The van der Waals surface area contributed by atoms with Crippen LogP contribution in [0.5, 0.6) is 17.2 Å². The van der Waals surface area contributed by atoms with E-state index in [4.69, 9.17) is 14.2 Å². The molecule has 0 fully saturated rings. The molecule has 116 valence electrons. The molecule has 0 aliphatic heterocycles. The molecule has 3 nitrogen and oxygen atoms in total. The monoisotopic (exact) mass is 306 g/mol. The fraction of sp³-hybridized carbons (Fsp3) is 0.100. The molecule has 3 rings (SSSR count). The number of rotatable bonds is 6. The third kappa shape index (κ3) is 4.11. The Balaban J connectivity index is 1.67. The standard InChI is InChI=1S/C20H18O3/c1-21-20(16-8-4-2-5-9-16)23-19-14-12-18(13-15-19)22-17-10-6-3-7-11-17/h2-15,20H,1H3. The van der Waals surface area contributed by atoms with Crippen LogP contribution in [-0.4, -0.2) is 7.11 Å². The zero-order valence-corrected chi connectivity index (χ0v) is 12.9. The maximum Gasteiger partial charge on any atom is 0.226 e. The van der Waals surface area contributed by atoms with Gasteiger partial charge in [0.15, 0.2) is 0 Å². The van der Waals surface area contributed by atoms with Gasteiger partial charge in [0.25, 0.3) is 0 Å². The second kappa shape index (κ2) is 7.47. The molecular weight excluding hydrogens is 288 g/mol. The van der Waals surface area contributed by atoms with Crippen molar-refractivity contribution < 1.29 is 14.2 Å². The van der Waals surface area contributed by atoms with Crippen molar-refractivity contribution in [1.29, 1.82) is 0 Å². The van der Waals surface area contributed by atoms with Crippen LogP contribution in [0.25, 0.3) is 0 Å². The van der Waals surface area contributed by atoms with Crippen molar-refractivity contribution in [3.05, 3.63) is 90.5 Å². The molecule has 0 aromatic heterocycles. The summed E-state index contributed by atoms with van der Waals surface area (Å²) in [5, 5.41) is 0. The molecule has 0 saturated carbocycles. The van der Waals surface area contributed by atoms with Gasteiger partial charge >= 0.3 is 0 Å². The van der Waals surface area contributed by atoms with Gasteiger partial charge in [-0.15, -0.1) is 0 Å². The highest BCUT2D eigenvalue weighted by molar-refractivity contribution is 5.35. The molecule has 3 aromatic carbocycles. The summed E-state index contributed by atoms with van der Waals surface area (Å²) in [6.45, 7) is 0. The Kier molecular flexibility index (Phi) is 4.92. The summed E-state index contributed by atoms with van der Waals surface area (Å²) in [5.74, 6) is 2.29. The largest absolute Gasteiger partial charge is 0.461 e. The zero-order chi connectivity index (χ0) is 15.9. The van der Waals surface area contributed by atoms with Crippen LogP contribution in [0.2, 0.25) is 0 Å². The number of para-hydroxylation sites is 1. The van der Waals surface area contributed by atoms with E-state index in [0.29, 0.717) is 0 Å². The lowest BCUT2D eigenvalue weighted by Gasteiger charge is -2.18. The molecule has 0 aliphatic rings. The first-order valence-corrected chi connectivity index (χ1v) is 7.42. The molecule has 0 spiro atoms. The quantitative estimate of drug-likeness (QED) is 0.586. The Morgan fingerprint density at radius 1 is 0.609 bits per heavy atom. The summed E-state index contributed by atoms with van der Waals surface area (Å²) in [6, 6.07) is 27.0. The smallest absolute Gasteiger partial charge is 0.226 e. The van der Waals surface area contributed by atoms with Crippen molar-refractivity contribution >= 4 is 0 Å². The van der Waals surface area contributed by atoms with E-state index in [-0.39, 0.29) is 0 Å². The second-order valence-corrected chi connectivity index (χ2v) is 4.98. The lowest BCUT2D eigenvalue weighted by molar-refractivity contribution is -0.0562. The molecule has 1 atom stereocenters. The van der Waals surface area contributed by atoms with E-state index in [1.54, 1.807) is 7.11 Å². The number of benzene rings is 3. The average Bonchev–Trinajstić information content (AvgIpc) is 2.63. The summed E-state index contributed by atoms with van der Waals surface area (Å²) >= 11 is 0. The number of hydrogen-bond acceptors (Lipinski definition) is 3. The Morgan fingerprint density at radius 2 is 1.13 bits per heavy atom. The van der Waals surface area contributed by atoms with Crippen LogP contribution in [0.3, 0.4) is 0 Å². The SMILES string of the molecule is COC(Oc1ccc(Oc2ccccc2)cc1)c1ccccc1. The van der Waals surface area contributed by atoms with Crippen LogP contribution in [0.15, 0.2) is 84.9 Å². The lowest BCUT2D eigenvalue weighted by atomic mass is 10.2. The molecule has 0 bridgehead atoms. The molecular formula is C20H18O3. The summed E-state index contributed by atoms with van der Waals surface area (Å²) in [4.78, 5) is 0. The van der Waals surface area contributed by atoms with Crippen LogP contribution < -0.4 is 9.47 Å². The van der Waals surface area contributed by atoms with Crippen molar-refractivity contribution in [3.8, 4) is 17.2 Å². The van der Waals surface area contributed by atoms with E-state index in [1.165, 1.54) is 0 Å². The van der Waals surface area contributed by atoms with Crippen LogP contribution in [-0.2, 0) is 4.74 Å². The first-order valence-electron chi connectivity index (χ1n) is 7.42. The van der Waals surface area contributed by atoms with Crippen molar-refractivity contribution in [2.75, 3.05) is 7.11 Å². The Bertz CT molecular complexity index is 709. The van der Waals surface area contributed by atoms with E-state index in [9.17, 15) is 0 Å². The highest BCUT2D eigenvalue weighted by Crippen LogP contribution is 2.27. The van der Waals surface area contributed by atoms with E-state index in [0.717, 1.165) is 22.8 Å². The predicted molar refractivity (Wildman–Crippen MR) is 89.8 cm³/mol. The van der Waals surface area contributed by atoms with Gasteiger partial charge in [0, 0.05) is 12.7 Å². The lowest BCUT2D eigenvalue weighted by Crippen LogP contribution is -2.09. The second-order valence-electron chi connectivity index (χ2n) is 4.98. The minimum absolute atomic E-state index is 0.433. The first-order chi connectivity index (χ1) is 11.3. The molecule has 0 radical (unpaired) electrons. The minimum Gasteiger partial charge on any atom is -0.461 e. The van der Waals surface area contributed by atoms with Crippen molar-refractivity contribution in [1.82, 2.24) is 0 Å². The Morgan fingerprint density at radius 3 is 1.74 bits per heavy atom. The molecule has 3 aromatic rings. The topological polar surface area (TPSA) is 27.7 Å². The van der Waals surface area contributed by atoms with Gasteiger partial charge in [-0.25, -0.2) is 0 Å². The fourth-order valence-corrected chi connectivity index (χ4v) is 2.20. The van der Waals surface area contributed by atoms with E-state index in [2.05, 4.69) is 0 Å². The first kappa shape index (κ1) is 15.1. The van der Waals surface area contributed by atoms with Gasteiger partial charge in [0.1, 0.15) is 17.2 Å². The highest BCUT2D eigenvalue weighted by Gasteiger charge is 2.11. The van der Waals surface area contributed by atoms with Gasteiger partial charge in [-0.3, -0.25) is 0 Å². The number of ether oxygens (including phenoxy) is 3. The van der Waals surface area contributed by atoms with Gasteiger partial charge in [0.05, 0.1) is 0 Å². The van der Waals surface area contributed by atoms with Crippen LogP contribution in [0.1, 0.15) is 11.9 Å². The average molecular weight is 306 g/mol. The third-order valence-corrected chi connectivity index (χ3v) is 3.33. The zero-order valence-electron chi connectivity index (χ0n) is 12.9. The molecule has 3 heteroatoms. The van der Waals surface area contributed by atoms with E-state index >= 15 is 0 Å². The highest BCUT2D eigenvalue weighted by atomic mass is 16.7. The van der Waals surface area contributed by atoms with Crippen molar-refractivity contribution in [2.24, 2.45) is 0 Å². The Hall–Kier alpha value is -2.78. The van der Waals surface area contributed by atoms with Crippen LogP contribution >= 0.6 is 0 Å². The van der Waals surface area contributed by atoms with Gasteiger partial charge in [0.2, 0.25) is 6.29 Å². The maximum absolute atomic E-state index is 5.88. The number of hydrogen-bond donors (Lipinski definition) is 0. The molecule has 1 unspecified atom stereocenters.